The van der Waals surface area contributed by atoms with Crippen LogP contribution >= 0.6 is 0 Å². The van der Waals surface area contributed by atoms with E-state index >= 15 is 0 Å². The normalized spacial score (nSPS) is 11.4. The molecule has 2 aromatic heterocycles. The number of hydrogen-bond acceptors (Lipinski definition) is 4. The van der Waals surface area contributed by atoms with Crippen LogP contribution < -0.4 is 4.74 Å². The van der Waals surface area contributed by atoms with E-state index in [-0.39, 0.29) is 22.8 Å². The molecular formula is C18H11F5N4O. The van der Waals surface area contributed by atoms with Crippen molar-refractivity contribution in [2.24, 2.45) is 7.05 Å². The first-order valence-corrected chi connectivity index (χ1v) is 7.77. The van der Waals surface area contributed by atoms with Gasteiger partial charge in [0.05, 0.1) is 5.56 Å². The first-order chi connectivity index (χ1) is 13.1. The number of hydrogen-bond donors (Lipinski definition) is 0. The lowest BCUT2D eigenvalue weighted by atomic mass is 10.1. The molecule has 3 aromatic rings. The van der Waals surface area contributed by atoms with Crippen molar-refractivity contribution in [3.05, 3.63) is 58.8 Å². The molecule has 28 heavy (non-hydrogen) atoms. The quantitative estimate of drug-likeness (QED) is 0.602. The maximum atomic E-state index is 14.5. The Hall–Kier alpha value is -3.48. The zero-order valence-electron chi connectivity index (χ0n) is 14.5. The van der Waals surface area contributed by atoms with Gasteiger partial charge < -0.3 is 4.74 Å². The molecule has 3 rings (SSSR count). The Morgan fingerprint density at radius 3 is 2.29 bits per heavy atom. The Balaban J connectivity index is 2.06. The number of alkyl halides is 3. The number of benzene rings is 1. The van der Waals surface area contributed by atoms with E-state index in [4.69, 9.17) is 10.00 Å². The molecule has 0 spiro atoms. The predicted octanol–water partition coefficient (Wildman–Crippen LogP) is 4.75. The SMILES string of the molecule is Cc1c(F)c(Oc2cc(C#N)nn2C)nc(-c2ccc(C(F)(F)F)cc2)c1F. The summed E-state index contributed by atoms with van der Waals surface area (Å²) in [4.78, 5) is 3.79. The fourth-order valence-corrected chi connectivity index (χ4v) is 2.41. The average molecular weight is 394 g/mol. The first-order valence-electron chi connectivity index (χ1n) is 7.77. The van der Waals surface area contributed by atoms with Crippen molar-refractivity contribution in [3.8, 4) is 29.1 Å². The highest BCUT2D eigenvalue weighted by atomic mass is 19.4. The topological polar surface area (TPSA) is 63.7 Å². The standard InChI is InChI=1S/C18H11F5N4O/c1-9-14(19)16(10-3-5-11(6-4-10)18(21,22)23)25-17(15(9)20)28-13-7-12(8-24)26-27(13)2/h3-7H,1-2H3. The molecule has 0 aliphatic rings. The van der Waals surface area contributed by atoms with Gasteiger partial charge in [0, 0.05) is 24.2 Å². The second-order valence-corrected chi connectivity index (χ2v) is 5.80. The van der Waals surface area contributed by atoms with Crippen LogP contribution in [0.1, 0.15) is 16.8 Å². The van der Waals surface area contributed by atoms with Crippen molar-refractivity contribution in [1.29, 1.82) is 5.26 Å². The number of nitrogens with zero attached hydrogens (tertiary/aromatic N) is 4. The van der Waals surface area contributed by atoms with Crippen LogP contribution in [0.3, 0.4) is 0 Å². The largest absolute Gasteiger partial charge is 0.418 e. The minimum Gasteiger partial charge on any atom is -0.418 e. The van der Waals surface area contributed by atoms with E-state index in [2.05, 4.69) is 10.1 Å². The number of rotatable bonds is 3. The third kappa shape index (κ3) is 3.51. The fourth-order valence-electron chi connectivity index (χ4n) is 2.41. The summed E-state index contributed by atoms with van der Waals surface area (Å²) in [5.74, 6) is -2.71. The second-order valence-electron chi connectivity index (χ2n) is 5.80. The summed E-state index contributed by atoms with van der Waals surface area (Å²) in [5, 5.41) is 12.7. The molecule has 144 valence electrons. The molecule has 5 nitrogen and oxygen atoms in total. The van der Waals surface area contributed by atoms with Crippen molar-refractivity contribution < 1.29 is 26.7 Å². The molecule has 0 atom stereocenters. The number of aromatic nitrogens is 3. The van der Waals surface area contributed by atoms with Crippen LogP contribution in [0, 0.1) is 29.9 Å². The molecular weight excluding hydrogens is 383 g/mol. The van der Waals surface area contributed by atoms with Gasteiger partial charge in [-0.2, -0.15) is 23.5 Å². The molecule has 0 saturated carbocycles. The molecule has 0 radical (unpaired) electrons. The summed E-state index contributed by atoms with van der Waals surface area (Å²) >= 11 is 0. The Labute approximate surface area is 155 Å². The molecule has 0 bridgehead atoms. The summed E-state index contributed by atoms with van der Waals surface area (Å²) in [6.07, 6.45) is -4.55. The third-order valence-electron chi connectivity index (χ3n) is 3.91. The number of aryl methyl sites for hydroxylation is 1. The van der Waals surface area contributed by atoms with E-state index in [0.29, 0.717) is 0 Å². The van der Waals surface area contributed by atoms with Crippen LogP contribution in [0.4, 0.5) is 22.0 Å². The van der Waals surface area contributed by atoms with Crippen molar-refractivity contribution in [2.75, 3.05) is 0 Å². The summed E-state index contributed by atoms with van der Waals surface area (Å²) in [6.45, 7) is 1.15. The summed E-state index contributed by atoms with van der Waals surface area (Å²) in [7, 11) is 1.45. The van der Waals surface area contributed by atoms with Gasteiger partial charge in [-0.05, 0) is 19.1 Å². The smallest absolute Gasteiger partial charge is 0.416 e. The summed E-state index contributed by atoms with van der Waals surface area (Å²) in [6, 6.07) is 6.64. The van der Waals surface area contributed by atoms with Gasteiger partial charge in [-0.15, -0.1) is 0 Å². The zero-order valence-corrected chi connectivity index (χ0v) is 14.5. The van der Waals surface area contributed by atoms with Gasteiger partial charge in [0.2, 0.25) is 5.88 Å². The maximum absolute atomic E-state index is 14.5. The van der Waals surface area contributed by atoms with E-state index in [1.807, 2.05) is 0 Å². The molecule has 0 unspecified atom stereocenters. The average Bonchev–Trinajstić information content (AvgIpc) is 3.01. The lowest BCUT2D eigenvalue weighted by Crippen LogP contribution is -2.05. The lowest BCUT2D eigenvalue weighted by Gasteiger charge is -2.12. The van der Waals surface area contributed by atoms with Crippen molar-refractivity contribution in [2.45, 2.75) is 13.1 Å². The van der Waals surface area contributed by atoms with Crippen molar-refractivity contribution >= 4 is 0 Å². The van der Waals surface area contributed by atoms with Crippen LogP contribution in [0.5, 0.6) is 11.8 Å². The van der Waals surface area contributed by atoms with Gasteiger partial charge >= 0.3 is 6.18 Å². The molecule has 0 aliphatic heterocycles. The Bertz CT molecular complexity index is 1080. The van der Waals surface area contributed by atoms with Gasteiger partial charge in [-0.1, -0.05) is 12.1 Å². The second kappa shape index (κ2) is 6.92. The highest BCUT2D eigenvalue weighted by Gasteiger charge is 2.30. The molecule has 10 heteroatoms. The zero-order chi connectivity index (χ0) is 20.6. The molecule has 0 saturated heterocycles. The van der Waals surface area contributed by atoms with E-state index in [1.54, 1.807) is 6.07 Å². The molecule has 0 aliphatic carbocycles. The van der Waals surface area contributed by atoms with Crippen molar-refractivity contribution in [1.82, 2.24) is 14.8 Å². The van der Waals surface area contributed by atoms with Crippen LogP contribution in [0.2, 0.25) is 0 Å². The molecule has 0 amide bonds. The minimum atomic E-state index is -4.55. The Kier molecular flexibility index (Phi) is 4.77. The number of pyridine rings is 1. The number of nitriles is 1. The first kappa shape index (κ1) is 19.3. The third-order valence-corrected chi connectivity index (χ3v) is 3.91. The van der Waals surface area contributed by atoms with E-state index in [0.717, 1.165) is 35.9 Å². The summed E-state index contributed by atoms with van der Waals surface area (Å²) in [5.41, 5.74) is -1.67. The van der Waals surface area contributed by atoms with E-state index in [9.17, 15) is 22.0 Å². The lowest BCUT2D eigenvalue weighted by molar-refractivity contribution is -0.137. The Morgan fingerprint density at radius 1 is 1.11 bits per heavy atom. The van der Waals surface area contributed by atoms with Crippen LogP contribution in [-0.2, 0) is 13.2 Å². The van der Waals surface area contributed by atoms with Crippen LogP contribution in [-0.4, -0.2) is 14.8 Å². The molecule has 2 heterocycles. The highest BCUT2D eigenvalue weighted by molar-refractivity contribution is 5.62. The minimum absolute atomic E-state index is 0.0136. The molecule has 0 fully saturated rings. The van der Waals surface area contributed by atoms with Gasteiger partial charge in [-0.25, -0.2) is 18.4 Å². The van der Waals surface area contributed by atoms with Crippen LogP contribution in [0.15, 0.2) is 30.3 Å². The van der Waals surface area contributed by atoms with Crippen molar-refractivity contribution in [3.63, 3.8) is 0 Å². The van der Waals surface area contributed by atoms with E-state index in [1.165, 1.54) is 13.1 Å². The number of halogens is 5. The number of ether oxygens (including phenoxy) is 1. The van der Waals surface area contributed by atoms with E-state index < -0.39 is 34.8 Å². The van der Waals surface area contributed by atoms with Crippen LogP contribution in [0.25, 0.3) is 11.3 Å². The van der Waals surface area contributed by atoms with Gasteiger partial charge in [-0.3, -0.25) is 0 Å². The molecule has 0 N–H and O–H groups in total. The van der Waals surface area contributed by atoms with Gasteiger partial charge in [0.25, 0.3) is 5.88 Å². The fraction of sp³-hybridized carbons (Fsp3) is 0.167. The maximum Gasteiger partial charge on any atom is 0.416 e. The Morgan fingerprint density at radius 2 is 1.75 bits per heavy atom. The predicted molar refractivity (Wildman–Crippen MR) is 87.3 cm³/mol. The molecule has 1 aromatic carbocycles. The monoisotopic (exact) mass is 394 g/mol. The van der Waals surface area contributed by atoms with Gasteiger partial charge in [0.15, 0.2) is 17.3 Å². The summed E-state index contributed by atoms with van der Waals surface area (Å²) < 4.78 is 73.5. The van der Waals surface area contributed by atoms with Gasteiger partial charge in [0.1, 0.15) is 11.8 Å². The highest BCUT2D eigenvalue weighted by Crippen LogP contribution is 2.34.